The quantitative estimate of drug-likeness (QED) is 0.0937. The molecule has 0 aliphatic heterocycles. The second-order valence-electron chi connectivity index (χ2n) is 11.5. The van der Waals surface area contributed by atoms with E-state index in [4.69, 9.17) is 4.74 Å². The SMILES string of the molecule is Cc1ccc(S(=O)(=O)N[C@@H](CC(C)C)C(=O)N/N=C\c2cc(C)n(-c3ccc(Oc4ccc(C(F)(F)F)cc4[N+](=O)[O-])cc3)c2C)cc1. The molecule has 15 heteroatoms. The van der Waals surface area contributed by atoms with Crippen molar-refractivity contribution in [1.29, 1.82) is 0 Å². The van der Waals surface area contributed by atoms with Crippen LogP contribution < -0.4 is 14.9 Å². The van der Waals surface area contributed by atoms with Gasteiger partial charge in [-0.05, 0) is 87.7 Å². The number of alkyl halides is 3. The van der Waals surface area contributed by atoms with Gasteiger partial charge in [0.2, 0.25) is 15.8 Å². The van der Waals surface area contributed by atoms with E-state index in [1.807, 2.05) is 45.3 Å². The third-order valence-corrected chi connectivity index (χ3v) is 8.79. The summed E-state index contributed by atoms with van der Waals surface area (Å²) < 4.78 is 74.9. The fraction of sp³-hybridized carbons (Fsp3) is 0.273. The minimum absolute atomic E-state index is 0.00575. The highest BCUT2D eigenvalue weighted by atomic mass is 32.2. The molecule has 0 unspecified atom stereocenters. The van der Waals surface area contributed by atoms with Crippen LogP contribution in [0.15, 0.2) is 82.8 Å². The minimum atomic E-state index is -4.74. The molecular formula is C33H34F3N5O6S. The Morgan fingerprint density at radius 1 is 1.02 bits per heavy atom. The average molecular weight is 686 g/mol. The van der Waals surface area contributed by atoms with Gasteiger partial charge < -0.3 is 9.30 Å². The number of aryl methyl sites for hydroxylation is 2. The Kier molecular flexibility index (Phi) is 10.7. The number of nitrogens with one attached hydrogen (secondary N) is 2. The van der Waals surface area contributed by atoms with Gasteiger partial charge in [-0.1, -0.05) is 31.5 Å². The maximum atomic E-state index is 13.0. The van der Waals surface area contributed by atoms with Gasteiger partial charge in [0, 0.05) is 28.7 Å². The first-order valence-corrected chi connectivity index (χ1v) is 16.2. The molecule has 11 nitrogen and oxygen atoms in total. The second-order valence-corrected chi connectivity index (χ2v) is 13.3. The van der Waals surface area contributed by atoms with Gasteiger partial charge in [0.15, 0.2) is 0 Å². The second kappa shape index (κ2) is 14.4. The lowest BCUT2D eigenvalue weighted by molar-refractivity contribution is -0.385. The van der Waals surface area contributed by atoms with E-state index in [0.29, 0.717) is 23.4 Å². The summed E-state index contributed by atoms with van der Waals surface area (Å²) in [6.45, 7) is 9.25. The molecule has 48 heavy (non-hydrogen) atoms. The molecule has 254 valence electrons. The van der Waals surface area contributed by atoms with Gasteiger partial charge in [0.05, 0.1) is 21.6 Å². The first kappa shape index (κ1) is 35.8. The first-order chi connectivity index (χ1) is 22.5. The Morgan fingerprint density at radius 2 is 1.67 bits per heavy atom. The summed E-state index contributed by atoms with van der Waals surface area (Å²) in [5.41, 5.74) is 4.25. The van der Waals surface area contributed by atoms with Crippen LogP contribution in [0.4, 0.5) is 18.9 Å². The average Bonchev–Trinajstić information content (AvgIpc) is 3.28. The number of aromatic nitrogens is 1. The standard InChI is InChI=1S/C33H34F3N5O6S/c1-20(2)16-29(39-48(45,46)28-13-6-21(3)7-14-28)32(42)38-37-19-24-17-22(4)40(23(24)5)26-9-11-27(12-10-26)47-31-15-8-25(33(34,35)36)18-30(31)41(43)44/h6-15,17-20,29,39H,16H2,1-5H3,(H,38,42)/b37-19-/t29-/m0/s1. The van der Waals surface area contributed by atoms with Crippen LogP contribution in [-0.4, -0.2) is 36.1 Å². The molecule has 1 atom stereocenters. The van der Waals surface area contributed by atoms with Crippen LogP contribution in [0.5, 0.6) is 11.5 Å². The van der Waals surface area contributed by atoms with E-state index in [2.05, 4.69) is 15.2 Å². The zero-order valence-electron chi connectivity index (χ0n) is 26.7. The molecule has 3 aromatic carbocycles. The fourth-order valence-corrected chi connectivity index (χ4v) is 6.13. The number of ether oxygens (including phenoxy) is 1. The van der Waals surface area contributed by atoms with E-state index in [0.717, 1.165) is 23.0 Å². The van der Waals surface area contributed by atoms with Crippen molar-refractivity contribution < 1.29 is 36.0 Å². The lowest BCUT2D eigenvalue weighted by Gasteiger charge is -2.19. The molecule has 4 aromatic rings. The Hall–Kier alpha value is -5.02. The molecule has 0 fully saturated rings. The molecule has 0 saturated heterocycles. The highest BCUT2D eigenvalue weighted by molar-refractivity contribution is 7.89. The maximum absolute atomic E-state index is 13.0. The third-order valence-electron chi connectivity index (χ3n) is 7.31. The van der Waals surface area contributed by atoms with Crippen molar-refractivity contribution in [3.8, 4) is 17.2 Å². The van der Waals surface area contributed by atoms with Crippen molar-refractivity contribution in [2.45, 2.75) is 58.2 Å². The van der Waals surface area contributed by atoms with Crippen LogP contribution in [-0.2, 0) is 21.0 Å². The molecule has 0 aliphatic rings. The zero-order chi connectivity index (χ0) is 35.4. The predicted molar refractivity (Wildman–Crippen MR) is 174 cm³/mol. The molecule has 0 spiro atoms. The van der Waals surface area contributed by atoms with Crippen LogP contribution in [0.1, 0.15) is 48.3 Å². The van der Waals surface area contributed by atoms with Gasteiger partial charge in [-0.15, -0.1) is 0 Å². The lowest BCUT2D eigenvalue weighted by Crippen LogP contribution is -2.46. The number of rotatable bonds is 12. The highest BCUT2D eigenvalue weighted by Crippen LogP contribution is 2.38. The highest BCUT2D eigenvalue weighted by Gasteiger charge is 2.33. The molecule has 1 aromatic heterocycles. The topological polar surface area (TPSA) is 145 Å². The summed E-state index contributed by atoms with van der Waals surface area (Å²) in [6.07, 6.45) is -3.06. The zero-order valence-corrected chi connectivity index (χ0v) is 27.5. The summed E-state index contributed by atoms with van der Waals surface area (Å²) in [4.78, 5) is 23.6. The van der Waals surface area contributed by atoms with Crippen LogP contribution >= 0.6 is 0 Å². The molecule has 0 radical (unpaired) electrons. The number of benzene rings is 3. The van der Waals surface area contributed by atoms with Gasteiger partial charge >= 0.3 is 11.9 Å². The van der Waals surface area contributed by atoms with Gasteiger partial charge in [-0.3, -0.25) is 14.9 Å². The summed E-state index contributed by atoms with van der Waals surface area (Å²) in [7, 11) is -3.96. The van der Waals surface area contributed by atoms with Crippen molar-refractivity contribution in [3.05, 3.63) is 111 Å². The number of hydrogen-bond acceptors (Lipinski definition) is 7. The van der Waals surface area contributed by atoms with Crippen molar-refractivity contribution in [2.24, 2.45) is 11.0 Å². The first-order valence-electron chi connectivity index (χ1n) is 14.7. The number of amides is 1. The van der Waals surface area contributed by atoms with Gasteiger partial charge in [-0.2, -0.15) is 23.0 Å². The molecule has 1 heterocycles. The minimum Gasteiger partial charge on any atom is -0.450 e. The molecule has 0 bridgehead atoms. The van der Waals surface area contributed by atoms with Crippen LogP contribution in [0.3, 0.4) is 0 Å². The number of halogens is 3. The van der Waals surface area contributed by atoms with E-state index in [-0.39, 0.29) is 28.7 Å². The summed E-state index contributed by atoms with van der Waals surface area (Å²) in [5, 5.41) is 15.5. The Balaban J connectivity index is 1.48. The largest absolute Gasteiger partial charge is 0.450 e. The fourth-order valence-electron chi connectivity index (χ4n) is 4.92. The molecule has 4 rings (SSSR count). The lowest BCUT2D eigenvalue weighted by atomic mass is 10.0. The number of nitro benzene ring substituents is 1. The summed E-state index contributed by atoms with van der Waals surface area (Å²) in [5.74, 6) is -0.782. The number of hydrogen-bond donors (Lipinski definition) is 2. The van der Waals surface area contributed by atoms with E-state index in [9.17, 15) is 36.5 Å². The van der Waals surface area contributed by atoms with E-state index >= 15 is 0 Å². The van der Waals surface area contributed by atoms with Crippen LogP contribution in [0, 0.1) is 36.8 Å². The van der Waals surface area contributed by atoms with Crippen molar-refractivity contribution in [1.82, 2.24) is 14.7 Å². The van der Waals surface area contributed by atoms with E-state index in [1.165, 1.54) is 30.5 Å². The van der Waals surface area contributed by atoms with Crippen LogP contribution in [0.2, 0.25) is 0 Å². The van der Waals surface area contributed by atoms with Crippen molar-refractivity contribution in [2.75, 3.05) is 0 Å². The van der Waals surface area contributed by atoms with Gasteiger partial charge in [0.25, 0.3) is 5.91 Å². The number of nitro groups is 1. The smallest absolute Gasteiger partial charge is 0.416 e. The number of carbonyl (C=O) groups is 1. The molecule has 1 amide bonds. The number of nitrogens with zero attached hydrogens (tertiary/aromatic N) is 3. The predicted octanol–water partition coefficient (Wildman–Crippen LogP) is 6.97. The summed E-state index contributed by atoms with van der Waals surface area (Å²) in [6, 6.07) is 15.5. The van der Waals surface area contributed by atoms with Crippen LogP contribution in [0.25, 0.3) is 5.69 Å². The molecule has 2 N–H and O–H groups in total. The Labute approximate surface area is 275 Å². The maximum Gasteiger partial charge on any atom is 0.416 e. The molecule has 0 saturated carbocycles. The summed E-state index contributed by atoms with van der Waals surface area (Å²) >= 11 is 0. The van der Waals surface area contributed by atoms with Crippen molar-refractivity contribution >= 4 is 27.8 Å². The number of hydrazone groups is 1. The van der Waals surface area contributed by atoms with E-state index < -0.39 is 44.3 Å². The monoisotopic (exact) mass is 685 g/mol. The third kappa shape index (κ3) is 8.66. The van der Waals surface area contributed by atoms with Gasteiger partial charge in [0.1, 0.15) is 11.8 Å². The number of carbonyl (C=O) groups excluding carboxylic acids is 1. The van der Waals surface area contributed by atoms with E-state index in [1.54, 1.807) is 24.3 Å². The Bertz CT molecular complexity index is 1940. The molecule has 0 aliphatic carbocycles. The Morgan fingerprint density at radius 3 is 2.25 bits per heavy atom. The number of sulfonamides is 1. The molecular weight excluding hydrogens is 651 g/mol. The normalized spacial score (nSPS) is 12.8. The van der Waals surface area contributed by atoms with Gasteiger partial charge in [-0.25, -0.2) is 13.8 Å². The van der Waals surface area contributed by atoms with Crippen molar-refractivity contribution in [3.63, 3.8) is 0 Å².